The van der Waals surface area contributed by atoms with E-state index >= 15 is 0 Å². The van der Waals surface area contributed by atoms with Crippen molar-refractivity contribution in [2.24, 2.45) is 17.3 Å². The van der Waals surface area contributed by atoms with Crippen molar-refractivity contribution in [1.82, 2.24) is 0 Å². The number of aliphatic hydroxyl groups is 1. The highest BCUT2D eigenvalue weighted by Gasteiger charge is 2.40. The molecule has 0 aromatic heterocycles. The van der Waals surface area contributed by atoms with Gasteiger partial charge in [-0.05, 0) is 52.5 Å². The Labute approximate surface area is 175 Å². The van der Waals surface area contributed by atoms with E-state index in [1.54, 1.807) is 41.5 Å². The van der Waals surface area contributed by atoms with Gasteiger partial charge in [0.1, 0.15) is 11.4 Å². The fourth-order valence-corrected chi connectivity index (χ4v) is 3.38. The van der Waals surface area contributed by atoms with E-state index in [1.165, 1.54) is 13.2 Å². The van der Waals surface area contributed by atoms with Gasteiger partial charge in [0.2, 0.25) is 0 Å². The molecule has 1 aromatic rings. The number of esters is 1. The van der Waals surface area contributed by atoms with Crippen LogP contribution in [0.5, 0.6) is 0 Å². The predicted octanol–water partition coefficient (Wildman–Crippen LogP) is 4.33. The molecule has 0 unspecified atom stereocenters. The third-order valence-electron chi connectivity index (χ3n) is 5.02. The highest BCUT2D eigenvalue weighted by Crippen LogP contribution is 2.33. The van der Waals surface area contributed by atoms with Crippen molar-refractivity contribution < 1.29 is 24.2 Å². The van der Waals surface area contributed by atoms with Crippen molar-refractivity contribution in [2.45, 2.75) is 66.6 Å². The summed E-state index contributed by atoms with van der Waals surface area (Å²) in [6, 6.07) is 9.87. The number of ether oxygens (including phenoxy) is 2. The Morgan fingerprint density at radius 1 is 1.07 bits per heavy atom. The van der Waals surface area contributed by atoms with Gasteiger partial charge in [0.15, 0.2) is 5.78 Å². The summed E-state index contributed by atoms with van der Waals surface area (Å²) in [4.78, 5) is 25.4. The van der Waals surface area contributed by atoms with Crippen LogP contribution in [0.4, 0.5) is 0 Å². The van der Waals surface area contributed by atoms with Crippen LogP contribution in [0.1, 0.15) is 54.0 Å². The molecule has 0 amide bonds. The molecule has 0 bridgehead atoms. The molecule has 0 aliphatic heterocycles. The van der Waals surface area contributed by atoms with Crippen LogP contribution in [0.2, 0.25) is 0 Å². The number of hydrogen-bond donors (Lipinski definition) is 1. The number of carbonyl (C=O) groups is 2. The summed E-state index contributed by atoms with van der Waals surface area (Å²) >= 11 is 0. The van der Waals surface area contributed by atoms with Gasteiger partial charge < -0.3 is 14.6 Å². The first-order chi connectivity index (χ1) is 13.3. The van der Waals surface area contributed by atoms with Crippen molar-refractivity contribution in [3.8, 4) is 0 Å². The highest BCUT2D eigenvalue weighted by molar-refractivity contribution is 5.91. The molecular formula is C24H36O5. The molecule has 0 saturated heterocycles. The van der Waals surface area contributed by atoms with Crippen LogP contribution in [0.15, 0.2) is 42.2 Å². The quantitative estimate of drug-likeness (QED) is 0.377. The van der Waals surface area contributed by atoms with E-state index in [-0.39, 0.29) is 17.5 Å². The van der Waals surface area contributed by atoms with Gasteiger partial charge in [0, 0.05) is 5.92 Å². The second kappa shape index (κ2) is 10.1. The summed E-state index contributed by atoms with van der Waals surface area (Å²) in [7, 11) is 1.42. The molecule has 5 nitrogen and oxygen atoms in total. The fraction of sp³-hybridized carbons (Fsp3) is 0.583. The largest absolute Gasteiger partial charge is 0.500 e. The predicted molar refractivity (Wildman–Crippen MR) is 114 cm³/mol. The van der Waals surface area contributed by atoms with E-state index in [0.29, 0.717) is 6.42 Å². The van der Waals surface area contributed by atoms with E-state index < -0.39 is 29.0 Å². The summed E-state index contributed by atoms with van der Waals surface area (Å²) in [5.41, 5.74) is -0.615. The molecule has 0 radical (unpaired) electrons. The van der Waals surface area contributed by atoms with E-state index in [9.17, 15) is 14.7 Å². The third-order valence-corrected chi connectivity index (χ3v) is 5.02. The van der Waals surface area contributed by atoms with Gasteiger partial charge in [0.25, 0.3) is 0 Å². The van der Waals surface area contributed by atoms with E-state index in [2.05, 4.69) is 0 Å². The third kappa shape index (κ3) is 7.32. The summed E-state index contributed by atoms with van der Waals surface area (Å²) < 4.78 is 10.7. The number of aliphatic hydroxyl groups excluding tert-OH is 1. The smallest absolute Gasteiger partial charge is 0.334 e. The Bertz CT molecular complexity index is 713. The average Bonchev–Trinajstić information content (AvgIpc) is 2.63. The highest BCUT2D eigenvalue weighted by atomic mass is 16.6. The molecule has 0 heterocycles. The Kier molecular flexibility index (Phi) is 8.64. The van der Waals surface area contributed by atoms with Gasteiger partial charge in [-0.2, -0.15) is 0 Å². The van der Waals surface area contributed by atoms with Crippen LogP contribution < -0.4 is 0 Å². The van der Waals surface area contributed by atoms with Crippen molar-refractivity contribution in [3.05, 3.63) is 47.7 Å². The second-order valence-corrected chi connectivity index (χ2v) is 9.18. The number of carbonyl (C=O) groups excluding carboxylic acids is 2. The number of hydrogen-bond acceptors (Lipinski definition) is 5. The molecule has 1 rings (SSSR count). The van der Waals surface area contributed by atoms with Crippen LogP contribution in [0.25, 0.3) is 0 Å². The molecular weight excluding hydrogens is 368 g/mol. The van der Waals surface area contributed by atoms with Crippen molar-refractivity contribution in [1.29, 1.82) is 0 Å². The lowest BCUT2D eigenvalue weighted by Gasteiger charge is -2.32. The van der Waals surface area contributed by atoms with Crippen LogP contribution in [-0.2, 0) is 25.5 Å². The summed E-state index contributed by atoms with van der Waals surface area (Å²) in [5, 5.41) is 10.8. The topological polar surface area (TPSA) is 72.8 Å². The number of allylic oxidation sites excluding steroid dienone is 1. The lowest BCUT2D eigenvalue weighted by Crippen LogP contribution is -2.40. The molecule has 162 valence electrons. The number of methoxy groups -OCH3 is 1. The number of ketones is 1. The van der Waals surface area contributed by atoms with Gasteiger partial charge in [-0.25, -0.2) is 4.79 Å². The number of Topliss-reactive ketones (excluding diaryl/α,β-unsaturated/α-hetero) is 1. The van der Waals surface area contributed by atoms with Crippen molar-refractivity contribution in [2.75, 3.05) is 7.11 Å². The summed E-state index contributed by atoms with van der Waals surface area (Å²) in [5.74, 6) is -1.28. The minimum absolute atomic E-state index is 0.104. The Balaban J connectivity index is 2.95. The monoisotopic (exact) mass is 404 g/mol. The van der Waals surface area contributed by atoms with E-state index in [1.807, 2.05) is 37.3 Å². The Morgan fingerprint density at radius 3 is 2.10 bits per heavy atom. The standard InChI is InChI=1S/C24H36O5/c1-16(14-18-12-10-9-11-13-18)21(26)17(2)22(27)24(6,7)19(28-8)15-20(25)29-23(3,4)5/h9-13,15-17,21,26H,14H2,1-8H3/b19-15-/t16-,17-,21+/m1/s1. The first-order valence-corrected chi connectivity index (χ1v) is 10.0. The Morgan fingerprint density at radius 2 is 1.62 bits per heavy atom. The molecule has 1 aromatic carbocycles. The van der Waals surface area contributed by atoms with Crippen LogP contribution in [-0.4, -0.2) is 35.7 Å². The maximum Gasteiger partial charge on any atom is 0.334 e. The zero-order chi connectivity index (χ0) is 22.4. The molecule has 0 aliphatic carbocycles. The van der Waals surface area contributed by atoms with Gasteiger partial charge >= 0.3 is 5.97 Å². The normalized spacial score (nSPS) is 16.0. The zero-order valence-electron chi connectivity index (χ0n) is 19.0. The zero-order valence-corrected chi connectivity index (χ0v) is 19.0. The molecule has 0 spiro atoms. The van der Waals surface area contributed by atoms with Crippen LogP contribution in [0, 0.1) is 17.3 Å². The first kappa shape index (κ1) is 24.9. The minimum atomic E-state index is -1.08. The lowest BCUT2D eigenvalue weighted by atomic mass is 9.75. The average molecular weight is 405 g/mol. The van der Waals surface area contributed by atoms with Crippen molar-refractivity contribution >= 4 is 11.8 Å². The molecule has 5 heteroatoms. The van der Waals surface area contributed by atoms with Gasteiger partial charge in [-0.15, -0.1) is 0 Å². The van der Waals surface area contributed by atoms with Gasteiger partial charge in [0.05, 0.1) is 24.7 Å². The summed E-state index contributed by atoms with van der Waals surface area (Å²) in [6.45, 7) is 12.4. The van der Waals surface area contributed by atoms with E-state index in [4.69, 9.17) is 9.47 Å². The van der Waals surface area contributed by atoms with Crippen LogP contribution >= 0.6 is 0 Å². The number of rotatable bonds is 9. The van der Waals surface area contributed by atoms with Gasteiger partial charge in [-0.1, -0.05) is 44.2 Å². The first-order valence-electron chi connectivity index (χ1n) is 10.0. The number of benzene rings is 1. The molecule has 1 N–H and O–H groups in total. The second-order valence-electron chi connectivity index (χ2n) is 9.18. The van der Waals surface area contributed by atoms with Gasteiger partial charge in [-0.3, -0.25) is 4.79 Å². The molecule has 3 atom stereocenters. The molecule has 29 heavy (non-hydrogen) atoms. The molecule has 0 aliphatic rings. The summed E-state index contributed by atoms with van der Waals surface area (Å²) in [6.07, 6.45) is 1.07. The van der Waals surface area contributed by atoms with Crippen molar-refractivity contribution in [3.63, 3.8) is 0 Å². The minimum Gasteiger partial charge on any atom is -0.500 e. The maximum absolute atomic E-state index is 13.2. The lowest BCUT2D eigenvalue weighted by molar-refractivity contribution is -0.148. The maximum atomic E-state index is 13.2. The fourth-order valence-electron chi connectivity index (χ4n) is 3.38. The van der Waals surface area contributed by atoms with E-state index in [0.717, 1.165) is 5.56 Å². The Hall–Kier alpha value is -2.14. The molecule has 0 saturated carbocycles. The van der Waals surface area contributed by atoms with Crippen LogP contribution in [0.3, 0.4) is 0 Å². The SMILES string of the molecule is CO/C(=C\C(=O)OC(C)(C)C)C(C)(C)C(=O)[C@H](C)[C@@H](O)[C@H](C)Cc1ccccc1. The molecule has 0 fully saturated rings.